The number of carbonyl (C=O) groups is 8. The first kappa shape index (κ1) is 50.6. The van der Waals surface area contributed by atoms with Crippen LogP contribution in [-0.2, 0) is 46.4 Å². The molecule has 0 radical (unpaired) electrons. The average Bonchev–Trinajstić information content (AvgIpc) is 3.20. The predicted molar refractivity (Wildman–Crippen MR) is 223 cm³/mol. The van der Waals surface area contributed by atoms with E-state index in [0.717, 1.165) is 5.56 Å². The number of hydrogen-bond acceptors (Lipinski definition) is 13. The predicted octanol–water partition coefficient (Wildman–Crippen LogP) is -0.453. The third-order valence-corrected chi connectivity index (χ3v) is 10.4. The number of amides is 2. The highest BCUT2D eigenvalue weighted by atomic mass is 16.4. The molecule has 1 fully saturated rings. The monoisotopic (exact) mass is 869 g/mol. The lowest BCUT2D eigenvalue weighted by Crippen LogP contribution is -2.53. The smallest absolute Gasteiger partial charge is 0.326 e. The molecule has 3 unspecified atom stereocenters. The van der Waals surface area contributed by atoms with Crippen LogP contribution >= 0.6 is 0 Å². The highest BCUT2D eigenvalue weighted by Crippen LogP contribution is 2.16. The van der Waals surface area contributed by atoms with E-state index < -0.39 is 78.7 Å². The van der Waals surface area contributed by atoms with Crippen molar-refractivity contribution in [1.82, 2.24) is 30.2 Å². The van der Waals surface area contributed by atoms with Crippen LogP contribution in [-0.4, -0.2) is 189 Å². The third-order valence-electron chi connectivity index (χ3n) is 10.4. The molecule has 20 heteroatoms. The van der Waals surface area contributed by atoms with Gasteiger partial charge in [-0.3, -0.25) is 53.2 Å². The summed E-state index contributed by atoms with van der Waals surface area (Å²) in [5.74, 6) is -7.35. The minimum Gasteiger partial charge on any atom is -0.480 e. The third kappa shape index (κ3) is 19.3. The van der Waals surface area contributed by atoms with Gasteiger partial charge >= 0.3 is 29.8 Å². The number of unbranched alkanes of at least 4 members (excludes halogenated alkanes) is 1. The van der Waals surface area contributed by atoms with Crippen molar-refractivity contribution in [2.45, 2.75) is 63.1 Å². The Balaban J connectivity index is 1.83. The summed E-state index contributed by atoms with van der Waals surface area (Å²) in [7, 11) is 0. The molecule has 0 spiro atoms. The van der Waals surface area contributed by atoms with Gasteiger partial charge in [0.1, 0.15) is 6.04 Å². The van der Waals surface area contributed by atoms with Crippen molar-refractivity contribution in [2.24, 2.45) is 5.73 Å². The Morgan fingerprint density at radius 1 is 0.613 bits per heavy atom. The topological polar surface area (TPSA) is 301 Å². The first-order valence-corrected chi connectivity index (χ1v) is 20.5. The largest absolute Gasteiger partial charge is 0.480 e. The summed E-state index contributed by atoms with van der Waals surface area (Å²) in [5, 5.41) is 53.5. The van der Waals surface area contributed by atoms with Gasteiger partial charge in [-0.2, -0.15) is 0 Å². The van der Waals surface area contributed by atoms with E-state index in [4.69, 9.17) is 5.73 Å². The molecule has 1 heterocycles. The van der Waals surface area contributed by atoms with Gasteiger partial charge < -0.3 is 41.9 Å². The first-order valence-electron chi connectivity index (χ1n) is 20.5. The van der Waals surface area contributed by atoms with Crippen LogP contribution < -0.4 is 16.4 Å². The molecule has 1 saturated heterocycles. The Hall–Kier alpha value is -5.80. The minimum absolute atomic E-state index is 0.0637. The number of hydrogen-bond donors (Lipinski definition) is 8. The van der Waals surface area contributed by atoms with E-state index in [2.05, 4.69) is 10.6 Å². The molecule has 0 aromatic heterocycles. The Kier molecular flexibility index (Phi) is 21.6. The molecule has 0 saturated carbocycles. The number of Topliss-reactive ketones (excluding diaryl/α,β-unsaturated/α-hetero) is 1. The number of benzene rings is 2. The molecule has 2 aromatic rings. The Morgan fingerprint density at radius 3 is 1.71 bits per heavy atom. The van der Waals surface area contributed by atoms with Gasteiger partial charge in [0, 0.05) is 70.3 Å². The zero-order chi connectivity index (χ0) is 45.6. The van der Waals surface area contributed by atoms with Crippen molar-refractivity contribution in [3.63, 3.8) is 0 Å². The van der Waals surface area contributed by atoms with Crippen LogP contribution in [0.25, 0.3) is 0 Å². The standard InChI is InChI=1S/C42H59N7O13/c43-15-5-4-8-33(42(61)62)44-36(51)14-13-35(50)34(23-29-6-2-1-3-7-29)45-41(60)31-11-9-30(10-12-31)22-32-24-48(27-39(56)57)19-18-46(25-37(52)53)16-17-47(26-38(54)55)20-21-49(32)28-40(58)59/h1-3,6-7,9-12,32-34H,4-5,8,13-28,43H2,(H,44,51)(H,45,60)(H,52,53)(H,54,55)(H,56,57)(H,58,59)(H,61,62). The van der Waals surface area contributed by atoms with Crippen LogP contribution in [0.2, 0.25) is 0 Å². The van der Waals surface area contributed by atoms with Crippen molar-refractivity contribution >= 4 is 47.4 Å². The zero-order valence-electron chi connectivity index (χ0n) is 34.7. The molecule has 1 aliphatic heterocycles. The van der Waals surface area contributed by atoms with Gasteiger partial charge in [0.25, 0.3) is 5.91 Å². The minimum atomic E-state index is -1.20. The number of aliphatic carboxylic acids is 5. The van der Waals surface area contributed by atoms with Crippen LogP contribution in [0, 0.1) is 0 Å². The van der Waals surface area contributed by atoms with E-state index in [9.17, 15) is 63.9 Å². The summed E-state index contributed by atoms with van der Waals surface area (Å²) in [5.41, 5.74) is 7.09. The van der Waals surface area contributed by atoms with Crippen LogP contribution in [0.3, 0.4) is 0 Å². The average molecular weight is 870 g/mol. The molecule has 1 aliphatic rings. The Bertz CT molecular complexity index is 1820. The summed E-state index contributed by atoms with van der Waals surface area (Å²) in [6, 6.07) is 12.5. The molecular formula is C42H59N7O13. The molecule has 2 aromatic carbocycles. The molecule has 2 amide bonds. The molecule has 340 valence electrons. The molecule has 3 atom stereocenters. The Labute approximate surface area is 359 Å². The normalized spacial score (nSPS) is 17.1. The maximum atomic E-state index is 13.6. The van der Waals surface area contributed by atoms with Gasteiger partial charge in [0.2, 0.25) is 5.91 Å². The van der Waals surface area contributed by atoms with Crippen LogP contribution in [0.4, 0.5) is 0 Å². The lowest BCUT2D eigenvalue weighted by molar-refractivity contribution is -0.142. The quantitative estimate of drug-likeness (QED) is 0.0620. The number of carboxylic acid groups (broad SMARTS) is 5. The number of ketones is 1. The van der Waals surface area contributed by atoms with Crippen LogP contribution in [0.15, 0.2) is 54.6 Å². The number of nitrogens with two attached hydrogens (primary N) is 1. The molecule has 9 N–H and O–H groups in total. The van der Waals surface area contributed by atoms with Gasteiger partial charge in [-0.05, 0) is 61.9 Å². The summed E-state index contributed by atoms with van der Waals surface area (Å²) in [6.45, 7) is -0.258. The van der Waals surface area contributed by atoms with E-state index in [1.165, 1.54) is 12.1 Å². The van der Waals surface area contributed by atoms with E-state index in [0.29, 0.717) is 24.9 Å². The molecule has 0 aliphatic carbocycles. The molecular weight excluding hydrogens is 810 g/mol. The van der Waals surface area contributed by atoms with Gasteiger partial charge in [0.15, 0.2) is 5.78 Å². The maximum Gasteiger partial charge on any atom is 0.326 e. The van der Waals surface area contributed by atoms with Crippen molar-refractivity contribution < 1.29 is 63.9 Å². The van der Waals surface area contributed by atoms with Crippen molar-refractivity contribution in [1.29, 1.82) is 0 Å². The molecule has 62 heavy (non-hydrogen) atoms. The molecule has 20 nitrogen and oxygen atoms in total. The van der Waals surface area contributed by atoms with Gasteiger partial charge in [-0.15, -0.1) is 0 Å². The summed E-state index contributed by atoms with van der Waals surface area (Å²) >= 11 is 0. The Morgan fingerprint density at radius 2 is 1.16 bits per heavy atom. The summed E-state index contributed by atoms with van der Waals surface area (Å²) in [4.78, 5) is 105. The second-order valence-electron chi connectivity index (χ2n) is 15.3. The van der Waals surface area contributed by atoms with Gasteiger partial charge in [0.05, 0.1) is 32.2 Å². The fraction of sp³-hybridized carbons (Fsp3) is 0.524. The lowest BCUT2D eigenvalue weighted by atomic mass is 9.98. The fourth-order valence-corrected chi connectivity index (χ4v) is 7.18. The second-order valence-corrected chi connectivity index (χ2v) is 15.3. The lowest BCUT2D eigenvalue weighted by Gasteiger charge is -2.37. The van der Waals surface area contributed by atoms with Gasteiger partial charge in [-0.1, -0.05) is 42.5 Å². The number of nitrogens with one attached hydrogen (secondary N) is 2. The molecule has 0 bridgehead atoms. The van der Waals surface area contributed by atoms with Crippen LogP contribution in [0.5, 0.6) is 0 Å². The first-order chi connectivity index (χ1) is 29.5. The number of carbonyl (C=O) groups excluding carboxylic acids is 3. The SMILES string of the molecule is NCCCCC(NC(=O)CCC(=O)C(Cc1ccccc1)NC(=O)c1ccc(CC2CN(CC(=O)O)CCN(CC(=O)O)CCN(CC(=O)O)CCN2CC(=O)O)cc1)C(=O)O. The van der Waals surface area contributed by atoms with Crippen LogP contribution in [0.1, 0.15) is 53.6 Å². The van der Waals surface area contributed by atoms with E-state index in [1.807, 2.05) is 0 Å². The highest BCUT2D eigenvalue weighted by Gasteiger charge is 2.29. The van der Waals surface area contributed by atoms with E-state index in [-0.39, 0.29) is 96.6 Å². The number of rotatable bonds is 24. The van der Waals surface area contributed by atoms with Gasteiger partial charge in [-0.25, -0.2) is 4.79 Å². The van der Waals surface area contributed by atoms with Crippen molar-refractivity contribution in [3.05, 3.63) is 71.3 Å². The highest BCUT2D eigenvalue weighted by molar-refractivity contribution is 5.98. The summed E-state index contributed by atoms with van der Waals surface area (Å²) < 4.78 is 0. The molecule has 3 rings (SSSR count). The number of carboxylic acids is 5. The van der Waals surface area contributed by atoms with Crippen molar-refractivity contribution in [2.75, 3.05) is 78.5 Å². The maximum absolute atomic E-state index is 13.6. The second kappa shape index (κ2) is 26.5. The zero-order valence-corrected chi connectivity index (χ0v) is 34.7. The van der Waals surface area contributed by atoms with E-state index >= 15 is 0 Å². The fourth-order valence-electron chi connectivity index (χ4n) is 7.18. The number of nitrogens with zero attached hydrogens (tertiary/aromatic N) is 4. The van der Waals surface area contributed by atoms with E-state index in [1.54, 1.807) is 62.1 Å². The summed E-state index contributed by atoms with van der Waals surface area (Å²) in [6.07, 6.45) is 1.03. The van der Waals surface area contributed by atoms with Crippen molar-refractivity contribution in [3.8, 4) is 0 Å².